The molecule has 0 aliphatic carbocycles. The van der Waals surface area contributed by atoms with Crippen LogP contribution in [0, 0.1) is 0 Å². The Labute approximate surface area is 626 Å². The van der Waals surface area contributed by atoms with Crippen LogP contribution in [0.1, 0.15) is 451 Å². The van der Waals surface area contributed by atoms with Crippen molar-refractivity contribution in [2.75, 3.05) is 39.6 Å². The Morgan fingerprint density at radius 2 is 0.392 bits per heavy atom. The van der Waals surface area contributed by atoms with Crippen LogP contribution in [0.2, 0.25) is 0 Å². The van der Waals surface area contributed by atoms with E-state index >= 15 is 0 Å². The van der Waals surface area contributed by atoms with Crippen molar-refractivity contribution >= 4 is 39.5 Å². The van der Waals surface area contributed by atoms with Crippen LogP contribution in [0.4, 0.5) is 0 Å². The molecular formula is C83H162O17P2. The monoisotopic (exact) mass is 1490 g/mol. The number of ether oxygens (including phenoxy) is 4. The second-order valence-corrected chi connectivity index (χ2v) is 32.8. The number of hydrogen-bond acceptors (Lipinski definition) is 15. The largest absolute Gasteiger partial charge is 0.472 e. The Hall–Kier alpha value is -1.94. The quantitative estimate of drug-likeness (QED) is 0.0222. The summed E-state index contributed by atoms with van der Waals surface area (Å²) < 4.78 is 68.7. The lowest BCUT2D eigenvalue weighted by Gasteiger charge is -2.21. The van der Waals surface area contributed by atoms with Crippen LogP contribution >= 0.6 is 15.6 Å². The summed E-state index contributed by atoms with van der Waals surface area (Å²) in [5, 5.41) is 10.6. The van der Waals surface area contributed by atoms with Gasteiger partial charge in [0.05, 0.1) is 26.4 Å². The maximum atomic E-state index is 13.1. The van der Waals surface area contributed by atoms with E-state index in [1.54, 1.807) is 0 Å². The predicted octanol–water partition coefficient (Wildman–Crippen LogP) is 25.4. The Morgan fingerprint density at radius 3 is 0.578 bits per heavy atom. The number of hydrogen-bond donors (Lipinski definition) is 3. The molecule has 0 bridgehead atoms. The molecule has 0 aromatic heterocycles. The molecule has 0 rings (SSSR count). The molecule has 0 saturated heterocycles. The molecule has 102 heavy (non-hydrogen) atoms. The molecule has 0 fully saturated rings. The number of carbonyl (C=O) groups excluding carboxylic acids is 4. The highest BCUT2D eigenvalue weighted by Gasteiger charge is 2.30. The molecule has 0 amide bonds. The molecule has 606 valence electrons. The molecule has 0 aliphatic heterocycles. The minimum Gasteiger partial charge on any atom is -0.462 e. The van der Waals surface area contributed by atoms with Gasteiger partial charge >= 0.3 is 39.5 Å². The van der Waals surface area contributed by atoms with Gasteiger partial charge in [-0.2, -0.15) is 0 Å². The van der Waals surface area contributed by atoms with Gasteiger partial charge in [0.2, 0.25) is 0 Å². The molecule has 2 unspecified atom stereocenters. The van der Waals surface area contributed by atoms with Gasteiger partial charge < -0.3 is 33.8 Å². The smallest absolute Gasteiger partial charge is 0.462 e. The molecule has 19 heteroatoms. The lowest BCUT2D eigenvalue weighted by atomic mass is 10.0. The molecule has 0 saturated carbocycles. The summed E-state index contributed by atoms with van der Waals surface area (Å²) in [6.45, 7) is 5.00. The van der Waals surface area contributed by atoms with Crippen molar-refractivity contribution in [1.29, 1.82) is 0 Å². The summed E-state index contributed by atoms with van der Waals surface area (Å²) in [4.78, 5) is 73.0. The molecule has 0 aromatic rings. The van der Waals surface area contributed by atoms with Gasteiger partial charge in [0, 0.05) is 25.7 Å². The fourth-order valence-electron chi connectivity index (χ4n) is 13.0. The van der Waals surface area contributed by atoms with Crippen LogP contribution in [0.15, 0.2) is 0 Å². The number of aliphatic hydroxyl groups is 1. The highest BCUT2D eigenvalue weighted by atomic mass is 31.2. The molecule has 0 aromatic carbocycles. The summed E-state index contributed by atoms with van der Waals surface area (Å²) in [5.74, 6) is -2.11. The number of esters is 4. The van der Waals surface area contributed by atoms with Crippen molar-refractivity contribution in [3.63, 3.8) is 0 Å². The zero-order valence-corrected chi connectivity index (χ0v) is 68.4. The van der Waals surface area contributed by atoms with E-state index in [1.165, 1.54) is 270 Å². The second-order valence-electron chi connectivity index (χ2n) is 29.9. The van der Waals surface area contributed by atoms with Crippen molar-refractivity contribution in [2.45, 2.75) is 470 Å². The predicted molar refractivity (Wildman–Crippen MR) is 419 cm³/mol. The zero-order chi connectivity index (χ0) is 74.6. The molecule has 0 radical (unpaired) electrons. The van der Waals surface area contributed by atoms with Gasteiger partial charge in [-0.15, -0.1) is 0 Å². The molecule has 3 N–H and O–H groups in total. The van der Waals surface area contributed by atoms with E-state index in [9.17, 15) is 43.2 Å². The SMILES string of the molecule is CCCCCCCCCCCCCCCCCCCCCC(=O)OC[C@H](COP(=O)(O)OC[C@@H](O)COP(=O)(O)OC[C@@H](COC(=O)CCCCCCCCC)OC(=O)CCCCCCCCCCCCCCCCCCC)OC(=O)CCCCCCCCCCCCCCCCCCCCC. The zero-order valence-electron chi connectivity index (χ0n) is 66.6. The molecular weight excluding hydrogens is 1330 g/mol. The minimum absolute atomic E-state index is 0.109. The number of aliphatic hydroxyl groups excluding tert-OH is 1. The van der Waals surface area contributed by atoms with Gasteiger partial charge in [-0.3, -0.25) is 37.3 Å². The average Bonchev–Trinajstić information content (AvgIpc) is 0.941. The van der Waals surface area contributed by atoms with Crippen molar-refractivity contribution in [3.8, 4) is 0 Å². The van der Waals surface area contributed by atoms with Crippen LogP contribution in [-0.4, -0.2) is 96.7 Å². The van der Waals surface area contributed by atoms with Gasteiger partial charge in [-0.25, -0.2) is 9.13 Å². The Kier molecular flexibility index (Phi) is 75.8. The van der Waals surface area contributed by atoms with Gasteiger partial charge in [0.1, 0.15) is 19.3 Å². The summed E-state index contributed by atoms with van der Waals surface area (Å²) in [6, 6.07) is 0. The van der Waals surface area contributed by atoms with Gasteiger partial charge in [-0.05, 0) is 25.7 Å². The average molecular weight is 1490 g/mol. The lowest BCUT2D eigenvalue weighted by molar-refractivity contribution is -0.161. The molecule has 0 spiro atoms. The van der Waals surface area contributed by atoms with E-state index in [1.807, 2.05) is 0 Å². The molecule has 0 heterocycles. The highest BCUT2D eigenvalue weighted by Crippen LogP contribution is 2.45. The Bertz CT molecular complexity index is 1930. The second kappa shape index (κ2) is 77.2. The fourth-order valence-corrected chi connectivity index (χ4v) is 14.6. The van der Waals surface area contributed by atoms with Crippen LogP contribution in [0.5, 0.6) is 0 Å². The maximum absolute atomic E-state index is 13.1. The van der Waals surface area contributed by atoms with E-state index in [4.69, 9.17) is 37.0 Å². The Morgan fingerprint density at radius 1 is 0.235 bits per heavy atom. The van der Waals surface area contributed by atoms with Crippen molar-refractivity contribution < 1.29 is 80.2 Å². The first-order valence-corrected chi connectivity index (χ1v) is 46.3. The van der Waals surface area contributed by atoms with E-state index in [0.717, 1.165) is 103 Å². The third-order valence-electron chi connectivity index (χ3n) is 19.6. The summed E-state index contributed by atoms with van der Waals surface area (Å²) >= 11 is 0. The van der Waals surface area contributed by atoms with E-state index in [2.05, 4.69) is 27.7 Å². The first-order chi connectivity index (χ1) is 49.7. The normalized spacial score (nSPS) is 13.8. The van der Waals surface area contributed by atoms with Gasteiger partial charge in [-0.1, -0.05) is 400 Å². The number of phosphoric acid groups is 2. The summed E-state index contributed by atoms with van der Waals surface area (Å²) in [7, 11) is -9.92. The maximum Gasteiger partial charge on any atom is 0.472 e. The van der Waals surface area contributed by atoms with Gasteiger partial charge in [0.15, 0.2) is 12.2 Å². The lowest BCUT2D eigenvalue weighted by Crippen LogP contribution is -2.30. The molecule has 0 aliphatic rings. The molecule has 5 atom stereocenters. The first kappa shape index (κ1) is 100. The van der Waals surface area contributed by atoms with Crippen molar-refractivity contribution in [3.05, 3.63) is 0 Å². The van der Waals surface area contributed by atoms with Gasteiger partial charge in [0.25, 0.3) is 0 Å². The van der Waals surface area contributed by atoms with Crippen molar-refractivity contribution in [1.82, 2.24) is 0 Å². The Balaban J connectivity index is 5.16. The third kappa shape index (κ3) is 76.3. The number of unbranched alkanes of at least 4 members (excludes halogenated alkanes) is 58. The number of carbonyl (C=O) groups is 4. The molecule has 17 nitrogen and oxygen atoms in total. The first-order valence-electron chi connectivity index (χ1n) is 43.3. The van der Waals surface area contributed by atoms with Crippen LogP contribution in [0.25, 0.3) is 0 Å². The standard InChI is InChI=1S/C83H162O17P2/c1-5-9-13-17-21-24-27-30-33-36-38-41-43-46-49-52-56-60-64-68-81(86)94-74-79(100-83(88)70-66-62-58-54-51-48-45-42-39-37-34-31-28-25-22-18-14-10-6-2)76-98-102(91,92)96-72-77(84)71-95-101(89,90)97-75-78(73-93-80(85)67-63-59-55-20-16-12-8-4)99-82(87)69-65-61-57-53-50-47-44-40-35-32-29-26-23-19-15-11-7-3/h77-79,84H,5-76H2,1-4H3,(H,89,90)(H,91,92)/t77-,78+,79+/m0/s1. The number of phosphoric ester groups is 2. The minimum atomic E-state index is -4.96. The van der Waals surface area contributed by atoms with E-state index < -0.39 is 97.5 Å². The van der Waals surface area contributed by atoms with Crippen LogP contribution < -0.4 is 0 Å². The summed E-state index contributed by atoms with van der Waals surface area (Å²) in [5.41, 5.74) is 0. The van der Waals surface area contributed by atoms with Crippen LogP contribution in [-0.2, 0) is 65.4 Å². The van der Waals surface area contributed by atoms with Crippen molar-refractivity contribution in [2.24, 2.45) is 0 Å². The van der Waals surface area contributed by atoms with E-state index in [-0.39, 0.29) is 25.7 Å². The van der Waals surface area contributed by atoms with E-state index in [0.29, 0.717) is 25.7 Å². The number of rotatable bonds is 84. The van der Waals surface area contributed by atoms with Crippen LogP contribution in [0.3, 0.4) is 0 Å². The topological polar surface area (TPSA) is 237 Å². The fraction of sp³-hybridized carbons (Fsp3) is 0.952. The third-order valence-corrected chi connectivity index (χ3v) is 21.5. The summed E-state index contributed by atoms with van der Waals surface area (Å²) in [6.07, 6.45) is 71.0. The highest BCUT2D eigenvalue weighted by molar-refractivity contribution is 7.47.